The first-order valence-corrected chi connectivity index (χ1v) is 8.36. The van der Waals surface area contributed by atoms with Gasteiger partial charge < -0.3 is 15.0 Å². The van der Waals surface area contributed by atoms with Crippen molar-refractivity contribution in [3.63, 3.8) is 0 Å². The average molecular weight is 362 g/mol. The molecule has 0 fully saturated rings. The number of nitrogens with zero attached hydrogens (tertiary/aromatic N) is 3. The number of carbonyl (C=O) groups excluding carboxylic acids is 1. The van der Waals surface area contributed by atoms with Gasteiger partial charge in [-0.1, -0.05) is 12.1 Å². The number of rotatable bonds is 2. The van der Waals surface area contributed by atoms with Crippen LogP contribution in [0.15, 0.2) is 48.8 Å². The number of aromatic hydroxyl groups is 1. The zero-order valence-electron chi connectivity index (χ0n) is 14.2. The summed E-state index contributed by atoms with van der Waals surface area (Å²) in [5.41, 5.74) is 2.67. The predicted octanol–water partition coefficient (Wildman–Crippen LogP) is 2.91. The number of hydrogen-bond acceptors (Lipinski definition) is 4. The Morgan fingerprint density at radius 2 is 2.19 bits per heavy atom. The van der Waals surface area contributed by atoms with Crippen molar-refractivity contribution < 1.29 is 14.3 Å². The molecule has 2 aromatic carbocycles. The molecule has 7 heteroatoms. The molecule has 0 bridgehead atoms. The standard InChI is InChI=1S/C20H15FN4O2/c21-15-5-12(8-22)4-14(6-15)20(27)25-9-17(13-2-1-3-16(26)7-13)19-18(10-25)23-11-24-19/h1-7,11,17,26H,9-10H2,(H,23,24). The van der Waals surface area contributed by atoms with E-state index in [0.29, 0.717) is 13.1 Å². The van der Waals surface area contributed by atoms with Gasteiger partial charge in [-0.2, -0.15) is 5.26 Å². The van der Waals surface area contributed by atoms with Crippen molar-refractivity contribution in [2.24, 2.45) is 0 Å². The average Bonchev–Trinajstić information content (AvgIpc) is 3.14. The SMILES string of the molecule is N#Cc1cc(F)cc(C(=O)N2Cc3[nH]cnc3C(c3cccc(O)c3)C2)c1. The highest BCUT2D eigenvalue weighted by Crippen LogP contribution is 2.33. The van der Waals surface area contributed by atoms with Crippen molar-refractivity contribution in [3.05, 3.63) is 82.7 Å². The second-order valence-corrected chi connectivity index (χ2v) is 6.44. The van der Waals surface area contributed by atoms with Crippen molar-refractivity contribution in [3.8, 4) is 11.8 Å². The minimum Gasteiger partial charge on any atom is -0.508 e. The first-order chi connectivity index (χ1) is 13.0. The second-order valence-electron chi connectivity index (χ2n) is 6.44. The van der Waals surface area contributed by atoms with Gasteiger partial charge in [-0.05, 0) is 35.9 Å². The third-order valence-corrected chi connectivity index (χ3v) is 4.67. The molecule has 1 unspecified atom stereocenters. The number of phenols is 1. The molecule has 2 N–H and O–H groups in total. The first kappa shape index (κ1) is 16.8. The highest BCUT2D eigenvalue weighted by Gasteiger charge is 2.32. The van der Waals surface area contributed by atoms with Gasteiger partial charge in [0, 0.05) is 18.0 Å². The highest BCUT2D eigenvalue weighted by atomic mass is 19.1. The van der Waals surface area contributed by atoms with Gasteiger partial charge >= 0.3 is 0 Å². The van der Waals surface area contributed by atoms with E-state index in [4.69, 9.17) is 5.26 Å². The fraction of sp³-hybridized carbons (Fsp3) is 0.150. The Morgan fingerprint density at radius 3 is 2.96 bits per heavy atom. The fourth-order valence-corrected chi connectivity index (χ4v) is 3.44. The number of benzene rings is 2. The van der Waals surface area contributed by atoms with Gasteiger partial charge in [0.15, 0.2) is 0 Å². The monoisotopic (exact) mass is 362 g/mol. The highest BCUT2D eigenvalue weighted by molar-refractivity contribution is 5.94. The Labute approximate surface area is 154 Å². The third kappa shape index (κ3) is 3.13. The summed E-state index contributed by atoms with van der Waals surface area (Å²) in [5.74, 6) is -1.07. The topological polar surface area (TPSA) is 93.0 Å². The second kappa shape index (κ2) is 6.57. The van der Waals surface area contributed by atoms with E-state index in [1.807, 2.05) is 12.1 Å². The zero-order valence-corrected chi connectivity index (χ0v) is 14.2. The Morgan fingerprint density at radius 1 is 1.33 bits per heavy atom. The zero-order chi connectivity index (χ0) is 19.0. The summed E-state index contributed by atoms with van der Waals surface area (Å²) in [7, 11) is 0. The van der Waals surface area contributed by atoms with Crippen molar-refractivity contribution in [2.75, 3.05) is 6.54 Å². The molecule has 4 rings (SSSR count). The van der Waals surface area contributed by atoms with E-state index < -0.39 is 5.82 Å². The number of amides is 1. The lowest BCUT2D eigenvalue weighted by Gasteiger charge is -2.32. The largest absolute Gasteiger partial charge is 0.508 e. The Bertz CT molecular complexity index is 1070. The van der Waals surface area contributed by atoms with Crippen molar-refractivity contribution in [1.82, 2.24) is 14.9 Å². The summed E-state index contributed by atoms with van der Waals surface area (Å²) in [6.07, 6.45) is 1.57. The molecule has 0 spiro atoms. The molecule has 0 saturated heterocycles. The minimum absolute atomic E-state index is 0.0992. The number of aromatic amines is 1. The molecular formula is C20H15FN4O2. The van der Waals surface area contributed by atoms with E-state index in [1.54, 1.807) is 29.4 Å². The van der Waals surface area contributed by atoms with E-state index >= 15 is 0 Å². The quantitative estimate of drug-likeness (QED) is 0.733. The van der Waals surface area contributed by atoms with Crippen LogP contribution in [-0.2, 0) is 6.54 Å². The van der Waals surface area contributed by atoms with Crippen LogP contribution < -0.4 is 0 Å². The van der Waals surface area contributed by atoms with Gasteiger partial charge in [-0.15, -0.1) is 0 Å². The number of fused-ring (bicyclic) bond motifs is 1. The molecule has 1 aliphatic heterocycles. The number of imidazole rings is 1. The van der Waals surface area contributed by atoms with Crippen LogP contribution in [0, 0.1) is 17.1 Å². The summed E-state index contributed by atoms with van der Waals surface area (Å²) in [5, 5.41) is 18.8. The van der Waals surface area contributed by atoms with E-state index in [1.165, 1.54) is 6.07 Å². The molecule has 134 valence electrons. The number of halogens is 1. The Hall–Kier alpha value is -3.66. The van der Waals surface area contributed by atoms with Gasteiger partial charge in [0.25, 0.3) is 5.91 Å². The van der Waals surface area contributed by atoms with Crippen LogP contribution in [0.4, 0.5) is 4.39 Å². The number of carbonyl (C=O) groups is 1. The summed E-state index contributed by atoms with van der Waals surface area (Å²) >= 11 is 0. The summed E-state index contributed by atoms with van der Waals surface area (Å²) in [6.45, 7) is 0.639. The molecule has 2 heterocycles. The van der Waals surface area contributed by atoms with Crippen molar-refractivity contribution >= 4 is 5.91 Å². The lowest BCUT2D eigenvalue weighted by atomic mass is 9.90. The van der Waals surface area contributed by atoms with Gasteiger partial charge in [-0.25, -0.2) is 9.37 Å². The van der Waals surface area contributed by atoms with Gasteiger partial charge in [-0.3, -0.25) is 4.79 Å². The van der Waals surface area contributed by atoms with Gasteiger partial charge in [0.1, 0.15) is 11.6 Å². The van der Waals surface area contributed by atoms with Gasteiger partial charge in [0.05, 0.1) is 35.9 Å². The van der Waals surface area contributed by atoms with Crippen molar-refractivity contribution in [1.29, 1.82) is 5.26 Å². The van der Waals surface area contributed by atoms with E-state index in [9.17, 15) is 14.3 Å². The van der Waals surface area contributed by atoms with E-state index in [2.05, 4.69) is 9.97 Å². The Balaban J connectivity index is 1.70. The molecule has 27 heavy (non-hydrogen) atoms. The van der Waals surface area contributed by atoms with Gasteiger partial charge in [0.2, 0.25) is 0 Å². The molecule has 1 aromatic heterocycles. The maximum absolute atomic E-state index is 13.8. The molecule has 1 aliphatic rings. The number of nitrogens with one attached hydrogen (secondary N) is 1. The van der Waals surface area contributed by atoms with Crippen LogP contribution in [-0.4, -0.2) is 32.4 Å². The number of aromatic nitrogens is 2. The summed E-state index contributed by atoms with van der Waals surface area (Å²) in [4.78, 5) is 22.0. The molecule has 1 atom stereocenters. The van der Waals surface area contributed by atoms with E-state index in [-0.39, 0.29) is 28.7 Å². The van der Waals surface area contributed by atoms with Crippen molar-refractivity contribution in [2.45, 2.75) is 12.5 Å². The van der Waals surface area contributed by atoms with Crippen LogP contribution >= 0.6 is 0 Å². The lowest BCUT2D eigenvalue weighted by molar-refractivity contribution is 0.0721. The molecular weight excluding hydrogens is 347 g/mol. The fourth-order valence-electron chi connectivity index (χ4n) is 3.44. The maximum Gasteiger partial charge on any atom is 0.254 e. The molecule has 0 aliphatic carbocycles. The van der Waals surface area contributed by atoms with Crippen LogP contribution in [0.5, 0.6) is 5.75 Å². The maximum atomic E-state index is 13.8. The molecule has 0 saturated carbocycles. The predicted molar refractivity (Wildman–Crippen MR) is 94.4 cm³/mol. The number of nitriles is 1. The normalized spacial score (nSPS) is 15.9. The van der Waals surface area contributed by atoms with Crippen LogP contribution in [0.1, 0.15) is 38.8 Å². The summed E-state index contributed by atoms with van der Waals surface area (Å²) in [6, 6.07) is 12.3. The number of H-pyrrole nitrogens is 1. The third-order valence-electron chi connectivity index (χ3n) is 4.67. The minimum atomic E-state index is -0.624. The van der Waals surface area contributed by atoms with Crippen LogP contribution in [0.2, 0.25) is 0 Å². The van der Waals surface area contributed by atoms with Crippen LogP contribution in [0.25, 0.3) is 0 Å². The van der Waals surface area contributed by atoms with Crippen LogP contribution in [0.3, 0.4) is 0 Å². The molecule has 1 amide bonds. The molecule has 6 nitrogen and oxygen atoms in total. The molecule has 0 radical (unpaired) electrons. The number of phenolic OH excluding ortho intramolecular Hbond substituents is 1. The smallest absolute Gasteiger partial charge is 0.254 e. The molecule has 3 aromatic rings. The lowest BCUT2D eigenvalue weighted by Crippen LogP contribution is -2.38. The Kier molecular flexibility index (Phi) is 4.09. The summed E-state index contributed by atoms with van der Waals surface area (Å²) < 4.78 is 13.8. The number of hydrogen-bond donors (Lipinski definition) is 2. The first-order valence-electron chi connectivity index (χ1n) is 8.36. The van der Waals surface area contributed by atoms with E-state index in [0.717, 1.165) is 29.1 Å².